The third kappa shape index (κ3) is 4.87. The molecule has 1 aliphatic rings. The second kappa shape index (κ2) is 9.99. The Labute approximate surface area is 203 Å². The van der Waals surface area contributed by atoms with Crippen LogP contribution in [0.3, 0.4) is 0 Å². The minimum Gasteiger partial charge on any atom is -0.493 e. The zero-order chi connectivity index (χ0) is 22.7. The van der Waals surface area contributed by atoms with E-state index in [0.717, 1.165) is 4.90 Å². The van der Waals surface area contributed by atoms with E-state index in [0.29, 0.717) is 34.7 Å². The number of carbonyl (C=O) groups is 2. The van der Waals surface area contributed by atoms with Crippen LogP contribution in [0.4, 0.5) is 5.69 Å². The maximum absolute atomic E-state index is 13.3. The van der Waals surface area contributed by atoms with Gasteiger partial charge in [-0.05, 0) is 66.3 Å². The summed E-state index contributed by atoms with van der Waals surface area (Å²) < 4.78 is 11.9. The lowest BCUT2D eigenvalue weighted by Crippen LogP contribution is -2.54. The van der Waals surface area contributed by atoms with E-state index in [-0.39, 0.29) is 26.4 Å². The van der Waals surface area contributed by atoms with Crippen molar-refractivity contribution < 1.29 is 19.1 Å². The third-order valence-corrected chi connectivity index (χ3v) is 5.95. The van der Waals surface area contributed by atoms with Gasteiger partial charge in [-0.1, -0.05) is 29.3 Å². The summed E-state index contributed by atoms with van der Waals surface area (Å²) in [7, 11) is 0. The molecule has 0 unspecified atom stereocenters. The van der Waals surface area contributed by atoms with Gasteiger partial charge in [-0.3, -0.25) is 19.8 Å². The molecule has 2 amide bonds. The number of rotatable bonds is 6. The van der Waals surface area contributed by atoms with Crippen LogP contribution in [0.25, 0.3) is 6.08 Å². The number of ether oxygens (including phenoxy) is 2. The zero-order valence-corrected chi connectivity index (χ0v) is 20.4. The number of thiocarbonyl (C=S) groups is 1. The fraction of sp³-hybridized carbons (Fsp3) is 0.190. The number of hydrogen-bond donors (Lipinski definition) is 1. The zero-order valence-electron chi connectivity index (χ0n) is 16.5. The average Bonchev–Trinajstić information content (AvgIpc) is 2.71. The molecular weight excluding hydrogens is 527 g/mol. The average molecular weight is 544 g/mol. The van der Waals surface area contributed by atoms with Gasteiger partial charge in [0.2, 0.25) is 0 Å². The van der Waals surface area contributed by atoms with E-state index >= 15 is 0 Å². The molecule has 0 aromatic heterocycles. The first kappa shape index (κ1) is 23.5. The maximum atomic E-state index is 13.3. The van der Waals surface area contributed by atoms with Crippen molar-refractivity contribution in [1.29, 1.82) is 0 Å². The van der Waals surface area contributed by atoms with Crippen LogP contribution in [0.2, 0.25) is 10.0 Å². The highest BCUT2D eigenvalue weighted by Crippen LogP contribution is 2.37. The Morgan fingerprint density at radius 3 is 2.48 bits per heavy atom. The Kier molecular flexibility index (Phi) is 7.59. The van der Waals surface area contributed by atoms with Crippen LogP contribution in [0.15, 0.2) is 40.4 Å². The second-order valence-electron chi connectivity index (χ2n) is 6.22. The van der Waals surface area contributed by atoms with Crippen LogP contribution < -0.4 is 19.7 Å². The minimum atomic E-state index is -0.634. The molecule has 1 aliphatic heterocycles. The van der Waals surface area contributed by atoms with Gasteiger partial charge in [-0.25, -0.2) is 0 Å². The number of hydrogen-bond acceptors (Lipinski definition) is 5. The molecule has 1 fully saturated rings. The highest BCUT2D eigenvalue weighted by Gasteiger charge is 2.36. The lowest BCUT2D eigenvalue weighted by Gasteiger charge is -2.29. The molecule has 31 heavy (non-hydrogen) atoms. The fourth-order valence-electron chi connectivity index (χ4n) is 2.91. The number of amides is 2. The molecule has 0 aliphatic carbocycles. The van der Waals surface area contributed by atoms with Crippen LogP contribution in [0, 0.1) is 0 Å². The molecule has 1 heterocycles. The summed E-state index contributed by atoms with van der Waals surface area (Å²) in [5.74, 6) is -0.217. The molecule has 10 heteroatoms. The van der Waals surface area contributed by atoms with E-state index in [9.17, 15) is 9.59 Å². The number of halogens is 3. The van der Waals surface area contributed by atoms with E-state index in [1.807, 2.05) is 13.8 Å². The Morgan fingerprint density at radius 1 is 1.13 bits per heavy atom. The van der Waals surface area contributed by atoms with E-state index in [4.69, 9.17) is 44.9 Å². The van der Waals surface area contributed by atoms with Crippen LogP contribution >= 0.6 is 51.3 Å². The highest BCUT2D eigenvalue weighted by molar-refractivity contribution is 9.10. The summed E-state index contributed by atoms with van der Waals surface area (Å²) in [5, 5.41) is 2.84. The van der Waals surface area contributed by atoms with Gasteiger partial charge in [0, 0.05) is 11.6 Å². The van der Waals surface area contributed by atoms with Gasteiger partial charge in [0.15, 0.2) is 5.11 Å². The summed E-state index contributed by atoms with van der Waals surface area (Å²) in [6.45, 7) is 4.56. The number of anilines is 1. The molecule has 6 nitrogen and oxygen atoms in total. The Balaban J connectivity index is 2.10. The second-order valence-corrected chi connectivity index (χ2v) is 8.24. The summed E-state index contributed by atoms with van der Waals surface area (Å²) in [5.41, 5.74) is 0.648. The predicted octanol–water partition coefficient (Wildman–Crippen LogP) is 5.38. The van der Waals surface area contributed by atoms with Crippen molar-refractivity contribution in [3.05, 3.63) is 56.0 Å². The van der Waals surface area contributed by atoms with E-state index in [1.165, 1.54) is 6.08 Å². The number of nitrogens with one attached hydrogen (secondary N) is 1. The van der Waals surface area contributed by atoms with Gasteiger partial charge in [-0.2, -0.15) is 0 Å². The van der Waals surface area contributed by atoms with E-state index in [2.05, 4.69) is 21.2 Å². The van der Waals surface area contributed by atoms with Crippen LogP contribution in [0.5, 0.6) is 11.5 Å². The van der Waals surface area contributed by atoms with Crippen LogP contribution in [-0.4, -0.2) is 30.1 Å². The summed E-state index contributed by atoms with van der Waals surface area (Å²) in [4.78, 5) is 27.0. The lowest BCUT2D eigenvalue weighted by atomic mass is 10.1. The maximum Gasteiger partial charge on any atom is 0.270 e. The summed E-state index contributed by atoms with van der Waals surface area (Å²) in [6.07, 6.45) is 1.44. The molecule has 2 aromatic rings. The van der Waals surface area contributed by atoms with Gasteiger partial charge in [0.1, 0.15) is 17.1 Å². The molecular formula is C21H17BrCl2N2O4S. The summed E-state index contributed by atoms with van der Waals surface area (Å²) in [6, 6.07) is 8.23. The topological polar surface area (TPSA) is 67.9 Å². The van der Waals surface area contributed by atoms with Crippen molar-refractivity contribution in [2.45, 2.75) is 13.8 Å². The molecule has 0 atom stereocenters. The van der Waals surface area contributed by atoms with Gasteiger partial charge < -0.3 is 9.47 Å². The van der Waals surface area contributed by atoms with Crippen LogP contribution in [-0.2, 0) is 9.59 Å². The van der Waals surface area contributed by atoms with Gasteiger partial charge in [0.25, 0.3) is 11.8 Å². The van der Waals surface area contributed by atoms with Gasteiger partial charge in [-0.15, -0.1) is 0 Å². The number of nitrogens with zero attached hydrogens (tertiary/aromatic N) is 1. The van der Waals surface area contributed by atoms with Crippen LogP contribution in [0.1, 0.15) is 19.4 Å². The monoisotopic (exact) mass is 542 g/mol. The Morgan fingerprint density at radius 2 is 1.81 bits per heavy atom. The smallest absolute Gasteiger partial charge is 0.270 e. The van der Waals surface area contributed by atoms with Crippen molar-refractivity contribution in [3.8, 4) is 11.5 Å². The normalized spacial score (nSPS) is 15.3. The molecule has 2 aromatic carbocycles. The van der Waals surface area contributed by atoms with Gasteiger partial charge in [0.05, 0.1) is 33.4 Å². The standard InChI is InChI=1S/C21H17BrCl2N2O4S/c1-3-29-16-10-17(30-4-2)13(22)9-11(16)8-12-19(27)25-21(31)26(20(12)28)15-7-5-6-14(23)18(15)24/h5-10H,3-4H2,1-2H3,(H,25,27,31)/b12-8+. The highest BCUT2D eigenvalue weighted by atomic mass is 79.9. The molecule has 162 valence electrons. The lowest BCUT2D eigenvalue weighted by molar-refractivity contribution is -0.122. The number of benzene rings is 2. The first-order valence-electron chi connectivity index (χ1n) is 9.23. The first-order valence-corrected chi connectivity index (χ1v) is 11.2. The quantitative estimate of drug-likeness (QED) is 0.301. The Bertz CT molecular complexity index is 1110. The molecule has 0 radical (unpaired) electrons. The molecule has 0 saturated carbocycles. The number of carbonyl (C=O) groups excluding carboxylic acids is 2. The molecule has 0 bridgehead atoms. The van der Waals surface area contributed by atoms with Crippen molar-refractivity contribution in [3.63, 3.8) is 0 Å². The SMILES string of the molecule is CCOc1cc(OCC)c(/C=C2\C(=O)NC(=S)N(c3cccc(Cl)c3Cl)C2=O)cc1Br. The molecule has 0 spiro atoms. The van der Waals surface area contributed by atoms with Crippen molar-refractivity contribution in [2.75, 3.05) is 18.1 Å². The first-order chi connectivity index (χ1) is 14.8. The molecule has 3 rings (SSSR count). The Hall–Kier alpha value is -2.13. The molecule has 1 N–H and O–H groups in total. The van der Waals surface area contributed by atoms with E-state index in [1.54, 1.807) is 30.3 Å². The van der Waals surface area contributed by atoms with Crippen molar-refractivity contribution in [2.24, 2.45) is 0 Å². The molecule has 1 saturated heterocycles. The predicted molar refractivity (Wildman–Crippen MR) is 129 cm³/mol. The fourth-order valence-corrected chi connectivity index (χ4v) is 4.04. The minimum absolute atomic E-state index is 0.0887. The van der Waals surface area contributed by atoms with Crippen molar-refractivity contribution in [1.82, 2.24) is 5.32 Å². The van der Waals surface area contributed by atoms with E-state index < -0.39 is 11.8 Å². The van der Waals surface area contributed by atoms with Crippen molar-refractivity contribution >= 4 is 80.0 Å². The third-order valence-electron chi connectivity index (χ3n) is 4.24. The van der Waals surface area contributed by atoms with Gasteiger partial charge >= 0.3 is 0 Å². The summed E-state index contributed by atoms with van der Waals surface area (Å²) >= 11 is 21.0. The largest absolute Gasteiger partial charge is 0.493 e.